The molecule has 0 aliphatic carbocycles. The average Bonchev–Trinajstić information content (AvgIpc) is 1.69. The van der Waals surface area contributed by atoms with Gasteiger partial charge in [-0.1, -0.05) is 170 Å². The zero-order valence-electron chi connectivity index (χ0n) is 48.3. The smallest absolute Gasteiger partial charge is 0.166 e. The number of furan rings is 1. The Kier molecular flexibility index (Phi) is 9.19. The lowest BCUT2D eigenvalue weighted by Crippen LogP contribution is -2.05. The number of para-hydroxylation sites is 3. The number of aromatic nitrogens is 8. The number of benzene rings is 11. The van der Waals surface area contributed by atoms with Gasteiger partial charge in [0.1, 0.15) is 11.2 Å². The minimum atomic E-state index is -0.517. The monoisotopic (exact) mass is 1070 g/mol. The molecule has 6 aromatic heterocycles. The van der Waals surface area contributed by atoms with Gasteiger partial charge in [-0.25, -0.2) is 29.9 Å². The van der Waals surface area contributed by atoms with Gasteiger partial charge in [0.15, 0.2) is 34.9 Å². The summed E-state index contributed by atoms with van der Waals surface area (Å²) in [6, 6.07) is 73.6. The molecule has 0 aliphatic rings. The maximum Gasteiger partial charge on any atom is 0.166 e. The summed E-state index contributed by atoms with van der Waals surface area (Å²) in [5, 5.41) is 8.35. The molecule has 6 heterocycles. The molecule has 10 heteroatoms. The van der Waals surface area contributed by atoms with Crippen molar-refractivity contribution in [2.75, 3.05) is 0 Å². The topological polar surface area (TPSA) is 100 Å². The Morgan fingerprint density at radius 3 is 1.65 bits per heavy atom. The molecular weight excluding hydrogens is 1020 g/mol. The van der Waals surface area contributed by atoms with E-state index in [0.717, 1.165) is 108 Å². The molecule has 11 aromatic carbocycles. The van der Waals surface area contributed by atoms with Crippen LogP contribution in [0.3, 0.4) is 0 Å². The Balaban J connectivity index is 0.969. The van der Waals surface area contributed by atoms with Gasteiger partial charge >= 0.3 is 0 Å². The van der Waals surface area contributed by atoms with Crippen molar-refractivity contribution in [2.45, 2.75) is 0 Å². The molecule has 0 N–H and O–H groups in total. The lowest BCUT2D eigenvalue weighted by atomic mass is 10.0. The molecule has 17 aromatic rings. The van der Waals surface area contributed by atoms with Gasteiger partial charge in [0.2, 0.25) is 0 Å². The third kappa shape index (κ3) is 7.32. The number of hydrogen-bond donors (Lipinski definition) is 0. The van der Waals surface area contributed by atoms with Crippen molar-refractivity contribution in [1.29, 1.82) is 0 Å². The summed E-state index contributed by atoms with van der Waals surface area (Å²) in [4.78, 5) is 31.2. The Morgan fingerprint density at radius 2 is 0.902 bits per heavy atom. The lowest BCUT2D eigenvalue weighted by molar-refractivity contribution is 0.669. The second kappa shape index (κ2) is 18.3. The highest BCUT2D eigenvalue weighted by Crippen LogP contribution is 2.45. The molecule has 9 nitrogen and oxygen atoms in total. The van der Waals surface area contributed by atoms with Crippen molar-refractivity contribution >= 4 is 97.1 Å². The zero-order chi connectivity index (χ0) is 58.2. The molecule has 0 unspecified atom stereocenters. The summed E-state index contributed by atoms with van der Waals surface area (Å²) < 4.78 is 57.6. The number of rotatable bonds is 8. The van der Waals surface area contributed by atoms with Crippen LogP contribution in [0.2, 0.25) is 0 Å². The van der Waals surface area contributed by atoms with E-state index in [0.29, 0.717) is 34.2 Å². The van der Waals surface area contributed by atoms with Crippen LogP contribution in [0, 0.1) is 0 Å². The first-order valence-electron chi connectivity index (χ1n) is 29.3. The molecule has 82 heavy (non-hydrogen) atoms. The number of thiophene rings is 1. The first-order chi connectivity index (χ1) is 42.7. The number of nitrogens with zero attached hydrogens (tertiary/aromatic N) is 8. The fourth-order valence-corrected chi connectivity index (χ4v) is 12.9. The Bertz CT molecular complexity index is 5660. The van der Waals surface area contributed by atoms with Crippen LogP contribution in [-0.2, 0) is 0 Å². The first-order valence-corrected chi connectivity index (χ1v) is 27.7. The number of fused-ring (bicyclic) bond motifs is 13. The first kappa shape index (κ1) is 41.2. The van der Waals surface area contributed by atoms with Gasteiger partial charge in [-0.05, 0) is 84.9 Å². The minimum Gasteiger partial charge on any atom is -0.456 e. The van der Waals surface area contributed by atoms with Gasteiger partial charge in [-0.2, -0.15) is 0 Å². The molecule has 0 amide bonds. The molecule has 0 atom stereocenters. The zero-order valence-corrected chi connectivity index (χ0v) is 44.1. The summed E-state index contributed by atoms with van der Waals surface area (Å²) >= 11 is 1.69. The maximum absolute atomic E-state index is 9.18. The minimum absolute atomic E-state index is 0.0768. The maximum atomic E-state index is 9.18. The third-order valence-electron chi connectivity index (χ3n) is 15.5. The molecule has 0 radical (unpaired) electrons. The molecule has 0 aliphatic heterocycles. The van der Waals surface area contributed by atoms with Gasteiger partial charge < -0.3 is 13.6 Å². The summed E-state index contributed by atoms with van der Waals surface area (Å²) in [5.74, 6) is 1.67. The van der Waals surface area contributed by atoms with Crippen LogP contribution < -0.4 is 0 Å². The van der Waals surface area contributed by atoms with Crippen molar-refractivity contribution in [3.05, 3.63) is 255 Å². The molecule has 0 fully saturated rings. The highest BCUT2D eigenvalue weighted by molar-refractivity contribution is 7.25. The second-order valence-electron chi connectivity index (χ2n) is 20.2. The standard InChI is InChI=1S/C72H42N8OS/c1-4-18-43(19-5-1)67-74-70(76-71(75-67)47-33-39-64-55(40-47)51-26-13-17-31-63(51)82-64)46-32-36-59(56(41-46)72-77-68(44-20-6-2-7-21-44)73-69(78-72)45-22-8-3-9-23-45)80-57-28-14-10-24-49(57)52-35-37-60-65(66(52)80)53-27-11-15-29-58(53)79(60)48-34-38-62-54(42-48)50-25-12-16-30-61(50)81-62/h1-42H/i1D,4D,5D,18D,19D. The van der Waals surface area contributed by atoms with E-state index in [1.54, 1.807) is 11.3 Å². The van der Waals surface area contributed by atoms with E-state index in [1.807, 2.05) is 121 Å². The van der Waals surface area contributed by atoms with E-state index < -0.39 is 30.2 Å². The van der Waals surface area contributed by atoms with Crippen LogP contribution in [0.15, 0.2) is 259 Å². The van der Waals surface area contributed by atoms with Crippen LogP contribution in [0.4, 0.5) is 0 Å². The van der Waals surface area contributed by atoms with Crippen molar-refractivity contribution in [3.8, 4) is 79.7 Å². The van der Waals surface area contributed by atoms with E-state index >= 15 is 0 Å². The summed E-state index contributed by atoms with van der Waals surface area (Å²) in [6.07, 6.45) is 0. The number of hydrogen-bond acceptors (Lipinski definition) is 8. The lowest BCUT2D eigenvalue weighted by Gasteiger charge is -2.17. The second-order valence-corrected chi connectivity index (χ2v) is 21.3. The normalized spacial score (nSPS) is 12.8. The van der Waals surface area contributed by atoms with E-state index in [4.69, 9.17) is 38.4 Å². The van der Waals surface area contributed by atoms with Crippen LogP contribution in [0.1, 0.15) is 6.85 Å². The molecule has 0 saturated carbocycles. The highest BCUT2D eigenvalue weighted by Gasteiger charge is 2.26. The van der Waals surface area contributed by atoms with Gasteiger partial charge in [-0.3, -0.25) is 0 Å². The SMILES string of the molecule is [2H]c1c([2H])c([2H])c(-c2nc(-c3ccc(-n4c5ccccc5c5ccc6c(c7ccccc7n6-c6ccc7oc8ccccc8c7c6)c54)c(-c4nc(-c5ccccc5)nc(-c5ccccc5)n4)c3)nc(-c3ccc4sc5ccccc5c4c3)n2)c([2H])c1[2H]. The van der Waals surface area contributed by atoms with Crippen molar-refractivity contribution in [3.63, 3.8) is 0 Å². The van der Waals surface area contributed by atoms with Crippen LogP contribution in [0.25, 0.3) is 165 Å². The van der Waals surface area contributed by atoms with Gasteiger partial charge in [0.25, 0.3) is 0 Å². The highest BCUT2D eigenvalue weighted by atomic mass is 32.1. The van der Waals surface area contributed by atoms with E-state index in [9.17, 15) is 2.74 Å². The Labute approximate surface area is 479 Å². The molecule has 382 valence electrons. The fraction of sp³-hybridized carbons (Fsp3) is 0. The van der Waals surface area contributed by atoms with Crippen molar-refractivity contribution < 1.29 is 11.3 Å². The fourth-order valence-electron chi connectivity index (χ4n) is 11.8. The largest absolute Gasteiger partial charge is 0.456 e. The Hall–Kier alpha value is -10.9. The quantitative estimate of drug-likeness (QED) is 0.149. The predicted octanol–water partition coefficient (Wildman–Crippen LogP) is 18.5. The van der Waals surface area contributed by atoms with Crippen molar-refractivity contribution in [1.82, 2.24) is 39.0 Å². The van der Waals surface area contributed by atoms with Crippen LogP contribution in [-0.4, -0.2) is 39.0 Å². The van der Waals surface area contributed by atoms with Gasteiger partial charge in [0, 0.05) is 91.6 Å². The molecular formula is C72H42N8OS. The molecule has 0 saturated heterocycles. The molecule has 0 spiro atoms. The van der Waals surface area contributed by atoms with Crippen molar-refractivity contribution in [2.24, 2.45) is 0 Å². The average molecular weight is 1070 g/mol. The third-order valence-corrected chi connectivity index (χ3v) is 16.7. The van der Waals surface area contributed by atoms with E-state index in [2.05, 4.69) is 112 Å². The molecule has 17 rings (SSSR count). The van der Waals surface area contributed by atoms with Gasteiger partial charge in [0.05, 0.1) is 34.6 Å². The summed E-state index contributed by atoms with van der Waals surface area (Å²) in [6.45, 7) is 0. The summed E-state index contributed by atoms with van der Waals surface area (Å²) in [7, 11) is 0. The molecule has 0 bridgehead atoms. The predicted molar refractivity (Wildman–Crippen MR) is 335 cm³/mol. The van der Waals surface area contributed by atoms with E-state index in [-0.39, 0.29) is 23.0 Å². The van der Waals surface area contributed by atoms with Gasteiger partial charge in [-0.15, -0.1) is 11.3 Å². The Morgan fingerprint density at radius 1 is 0.341 bits per heavy atom. The van der Waals surface area contributed by atoms with Crippen LogP contribution in [0.5, 0.6) is 0 Å². The van der Waals surface area contributed by atoms with E-state index in [1.165, 1.54) is 0 Å². The summed E-state index contributed by atoms with van der Waals surface area (Å²) in [5.41, 5.74) is 10.6. The van der Waals surface area contributed by atoms with Crippen LogP contribution >= 0.6 is 11.3 Å².